The summed E-state index contributed by atoms with van der Waals surface area (Å²) < 4.78 is 3.42. The van der Waals surface area contributed by atoms with Crippen molar-refractivity contribution in [2.75, 3.05) is 11.9 Å². The zero-order chi connectivity index (χ0) is 24.0. The lowest BCUT2D eigenvalue weighted by molar-refractivity contribution is 0.545. The summed E-state index contributed by atoms with van der Waals surface area (Å²) in [5.74, 6) is 1.04. The van der Waals surface area contributed by atoms with E-state index in [-0.39, 0.29) is 11.0 Å². The molecular weight excluding hydrogens is 450 g/mol. The Balaban J connectivity index is 1.61. The van der Waals surface area contributed by atoms with Crippen molar-refractivity contribution in [3.63, 3.8) is 0 Å². The van der Waals surface area contributed by atoms with Crippen LogP contribution < -0.4 is 16.2 Å². The molecule has 1 aromatic carbocycles. The van der Waals surface area contributed by atoms with E-state index in [1.807, 2.05) is 31.2 Å². The van der Waals surface area contributed by atoms with Crippen LogP contribution in [0, 0.1) is 0 Å². The first-order chi connectivity index (χ1) is 16.3. The van der Waals surface area contributed by atoms with Gasteiger partial charge in [0.05, 0.1) is 0 Å². The maximum absolute atomic E-state index is 13.1. The van der Waals surface area contributed by atoms with Gasteiger partial charge in [-0.3, -0.25) is 4.79 Å². The molecule has 4 aromatic rings. The number of halogens is 1. The van der Waals surface area contributed by atoms with Crippen LogP contribution in [0.2, 0.25) is 5.02 Å². The highest BCUT2D eigenvalue weighted by Gasteiger charge is 2.21. The molecule has 0 saturated carbocycles. The fourth-order valence-electron chi connectivity index (χ4n) is 4.33. The summed E-state index contributed by atoms with van der Waals surface area (Å²) in [5.41, 5.74) is 4.33. The third-order valence-electron chi connectivity index (χ3n) is 6.11. The maximum atomic E-state index is 13.1. The van der Waals surface area contributed by atoms with Gasteiger partial charge in [-0.2, -0.15) is 4.98 Å². The van der Waals surface area contributed by atoms with Gasteiger partial charge in [0.25, 0.3) is 5.56 Å². The second-order valence-corrected chi connectivity index (χ2v) is 9.95. The van der Waals surface area contributed by atoms with Gasteiger partial charge in [0.15, 0.2) is 11.5 Å². The number of rotatable bonds is 4. The highest BCUT2D eigenvalue weighted by molar-refractivity contribution is 6.31. The van der Waals surface area contributed by atoms with Crippen LogP contribution in [0.5, 0.6) is 0 Å². The first-order valence-corrected chi connectivity index (χ1v) is 11.9. The topological polar surface area (TPSA) is 89.7 Å². The number of nitrogens with one attached hydrogen (secondary N) is 2. The molecule has 8 nitrogen and oxygen atoms in total. The Morgan fingerprint density at radius 1 is 1.21 bits per heavy atom. The Labute approximate surface area is 203 Å². The number of benzene rings is 1. The SMILES string of the molecule is CCn1c(=O)c2cnc(Nc3cc(Cl)c4c(c3)CNCC4)nc2n1-c1cccc(C(C)(C)C)n1. The molecule has 0 aliphatic carbocycles. The molecular formula is C25H28ClN7O. The second-order valence-electron chi connectivity index (χ2n) is 9.54. The summed E-state index contributed by atoms with van der Waals surface area (Å²) in [6.07, 6.45) is 2.49. The third-order valence-corrected chi connectivity index (χ3v) is 6.44. The van der Waals surface area contributed by atoms with Gasteiger partial charge in [-0.1, -0.05) is 38.4 Å². The van der Waals surface area contributed by atoms with Crippen LogP contribution in [0.4, 0.5) is 11.6 Å². The van der Waals surface area contributed by atoms with Crippen LogP contribution in [-0.2, 0) is 24.9 Å². The number of hydrogen-bond acceptors (Lipinski definition) is 6. The molecule has 9 heteroatoms. The van der Waals surface area contributed by atoms with Crippen molar-refractivity contribution < 1.29 is 0 Å². The molecule has 5 rings (SSSR count). The minimum Gasteiger partial charge on any atom is -0.324 e. The van der Waals surface area contributed by atoms with Gasteiger partial charge in [0.1, 0.15) is 5.39 Å². The van der Waals surface area contributed by atoms with E-state index in [9.17, 15) is 4.79 Å². The van der Waals surface area contributed by atoms with Crippen LogP contribution in [0.1, 0.15) is 44.5 Å². The molecule has 2 N–H and O–H groups in total. The van der Waals surface area contributed by atoms with Gasteiger partial charge in [0.2, 0.25) is 5.95 Å². The van der Waals surface area contributed by atoms with Crippen molar-refractivity contribution in [3.8, 4) is 5.82 Å². The van der Waals surface area contributed by atoms with Gasteiger partial charge in [0, 0.05) is 41.1 Å². The largest absolute Gasteiger partial charge is 0.324 e. The Bertz CT molecular complexity index is 1450. The van der Waals surface area contributed by atoms with Crippen LogP contribution in [0.3, 0.4) is 0 Å². The Hall–Kier alpha value is -3.23. The van der Waals surface area contributed by atoms with Gasteiger partial charge in [-0.25, -0.2) is 19.3 Å². The predicted molar refractivity (Wildman–Crippen MR) is 135 cm³/mol. The predicted octanol–water partition coefficient (Wildman–Crippen LogP) is 4.34. The second kappa shape index (κ2) is 8.52. The highest BCUT2D eigenvalue weighted by Crippen LogP contribution is 2.29. The highest BCUT2D eigenvalue weighted by atomic mass is 35.5. The molecule has 1 aliphatic rings. The molecule has 0 amide bonds. The smallest absolute Gasteiger partial charge is 0.278 e. The zero-order valence-corrected chi connectivity index (χ0v) is 20.6. The van der Waals surface area contributed by atoms with E-state index in [4.69, 9.17) is 21.6 Å². The lowest BCUT2D eigenvalue weighted by Crippen LogP contribution is -2.23. The van der Waals surface area contributed by atoms with Crippen molar-refractivity contribution in [2.24, 2.45) is 0 Å². The summed E-state index contributed by atoms with van der Waals surface area (Å²) in [7, 11) is 0. The number of anilines is 2. The minimum atomic E-state index is -0.144. The number of nitrogens with zero attached hydrogens (tertiary/aromatic N) is 5. The van der Waals surface area contributed by atoms with E-state index < -0.39 is 0 Å². The summed E-state index contributed by atoms with van der Waals surface area (Å²) in [5, 5.41) is 7.83. The van der Waals surface area contributed by atoms with Crippen LogP contribution >= 0.6 is 11.6 Å². The minimum absolute atomic E-state index is 0.126. The summed E-state index contributed by atoms with van der Waals surface area (Å²) in [4.78, 5) is 27.1. The monoisotopic (exact) mass is 477 g/mol. The normalized spacial score (nSPS) is 13.8. The quantitative estimate of drug-likeness (QED) is 0.454. The Morgan fingerprint density at radius 3 is 2.79 bits per heavy atom. The Kier molecular flexibility index (Phi) is 5.65. The van der Waals surface area contributed by atoms with E-state index in [0.29, 0.717) is 29.3 Å². The number of aromatic nitrogens is 5. The van der Waals surface area contributed by atoms with Gasteiger partial charge in [-0.15, -0.1) is 0 Å². The molecule has 0 bridgehead atoms. The van der Waals surface area contributed by atoms with Crippen LogP contribution in [0.15, 0.2) is 41.3 Å². The fourth-order valence-corrected chi connectivity index (χ4v) is 4.67. The van der Waals surface area contributed by atoms with E-state index in [2.05, 4.69) is 42.5 Å². The molecule has 0 spiro atoms. The molecule has 34 heavy (non-hydrogen) atoms. The van der Waals surface area contributed by atoms with Crippen molar-refractivity contribution in [1.29, 1.82) is 0 Å². The lowest BCUT2D eigenvalue weighted by Gasteiger charge is -2.20. The third kappa shape index (κ3) is 3.97. The Morgan fingerprint density at radius 2 is 2.03 bits per heavy atom. The zero-order valence-electron chi connectivity index (χ0n) is 19.8. The van der Waals surface area contributed by atoms with Gasteiger partial charge in [-0.05, 0) is 55.3 Å². The molecule has 0 unspecified atom stereocenters. The first kappa shape index (κ1) is 22.6. The fraction of sp³-hybridized carbons (Fsp3) is 0.360. The van der Waals surface area contributed by atoms with Crippen molar-refractivity contribution in [1.82, 2.24) is 29.6 Å². The molecule has 3 aromatic heterocycles. The number of pyridine rings is 1. The van der Waals surface area contributed by atoms with Crippen LogP contribution in [-0.4, -0.2) is 30.9 Å². The molecule has 176 valence electrons. The molecule has 0 fully saturated rings. The van der Waals surface area contributed by atoms with E-state index >= 15 is 0 Å². The molecule has 0 saturated heterocycles. The summed E-state index contributed by atoms with van der Waals surface area (Å²) in [6.45, 7) is 10.5. The number of fused-ring (bicyclic) bond motifs is 2. The van der Waals surface area contributed by atoms with Gasteiger partial charge >= 0.3 is 0 Å². The standard InChI is InChI=1S/C25H28ClN7O/c1-5-32-23(34)18-14-28-24(29-16-11-15-13-27-10-9-17(15)19(26)12-16)31-22(18)33(32)21-8-6-7-20(30-21)25(2,3)4/h6-8,11-12,14,27H,5,9-10,13H2,1-4H3,(H,28,29,31). The van der Waals surface area contributed by atoms with E-state index in [1.165, 1.54) is 11.1 Å². The lowest BCUT2D eigenvalue weighted by atomic mass is 9.92. The number of hydrogen-bond donors (Lipinski definition) is 2. The maximum Gasteiger partial charge on any atom is 0.278 e. The molecule has 0 atom stereocenters. The molecule has 0 radical (unpaired) electrons. The van der Waals surface area contributed by atoms with E-state index in [0.717, 1.165) is 35.9 Å². The average Bonchev–Trinajstić information content (AvgIpc) is 3.09. The first-order valence-electron chi connectivity index (χ1n) is 11.5. The average molecular weight is 478 g/mol. The molecule has 4 heterocycles. The summed E-state index contributed by atoms with van der Waals surface area (Å²) >= 11 is 6.54. The van der Waals surface area contributed by atoms with Crippen molar-refractivity contribution in [2.45, 2.75) is 52.6 Å². The van der Waals surface area contributed by atoms with Crippen molar-refractivity contribution >= 4 is 34.3 Å². The molecule has 1 aliphatic heterocycles. The summed E-state index contributed by atoms with van der Waals surface area (Å²) in [6, 6.07) is 9.83. The van der Waals surface area contributed by atoms with Crippen molar-refractivity contribution in [3.05, 3.63) is 68.7 Å². The van der Waals surface area contributed by atoms with Crippen LogP contribution in [0.25, 0.3) is 16.9 Å². The van der Waals surface area contributed by atoms with Gasteiger partial charge < -0.3 is 10.6 Å². The van der Waals surface area contributed by atoms with E-state index in [1.54, 1.807) is 15.6 Å².